The Kier molecular flexibility index (Phi) is 6.06. The van der Waals surface area contributed by atoms with Crippen molar-refractivity contribution in [2.24, 2.45) is 5.10 Å². The lowest BCUT2D eigenvalue weighted by Crippen LogP contribution is -2.21. The van der Waals surface area contributed by atoms with E-state index in [-0.39, 0.29) is 18.2 Å². The van der Waals surface area contributed by atoms with Crippen LogP contribution in [-0.4, -0.2) is 17.5 Å². The van der Waals surface area contributed by atoms with Crippen LogP contribution in [0.15, 0.2) is 65.8 Å². The third-order valence-corrected chi connectivity index (χ3v) is 4.64. The van der Waals surface area contributed by atoms with Crippen molar-refractivity contribution in [3.05, 3.63) is 76.8 Å². The molecule has 0 radical (unpaired) electrons. The van der Waals surface area contributed by atoms with Gasteiger partial charge in [0.1, 0.15) is 0 Å². The maximum Gasteiger partial charge on any atom is 0.271 e. The number of carbonyl (C=O) groups excluding carboxylic acids is 2. The van der Waals surface area contributed by atoms with E-state index in [1.54, 1.807) is 25.1 Å². The van der Waals surface area contributed by atoms with Gasteiger partial charge in [0.2, 0.25) is 5.91 Å². The second kappa shape index (κ2) is 8.67. The van der Waals surface area contributed by atoms with Crippen molar-refractivity contribution >= 4 is 45.6 Å². The molecule has 0 saturated heterocycles. The van der Waals surface area contributed by atoms with Crippen LogP contribution in [0.25, 0.3) is 10.8 Å². The SMILES string of the molecule is CC(CC(=O)Nc1ccc(C)c(Cl)c1)=NNC(=O)c1ccc2ccccc2c1. The summed E-state index contributed by atoms with van der Waals surface area (Å²) in [4.78, 5) is 24.4. The first-order valence-corrected chi connectivity index (χ1v) is 9.18. The van der Waals surface area contributed by atoms with Gasteiger partial charge in [0, 0.05) is 22.0 Å². The zero-order chi connectivity index (χ0) is 20.1. The maximum absolute atomic E-state index is 12.3. The lowest BCUT2D eigenvalue weighted by atomic mass is 10.1. The van der Waals surface area contributed by atoms with Crippen molar-refractivity contribution in [1.29, 1.82) is 0 Å². The number of hydrogen-bond donors (Lipinski definition) is 2. The third kappa shape index (κ3) is 4.96. The molecule has 6 heteroatoms. The summed E-state index contributed by atoms with van der Waals surface area (Å²) in [6, 6.07) is 18.6. The average molecular weight is 394 g/mol. The quantitative estimate of drug-likeness (QED) is 0.476. The molecule has 2 N–H and O–H groups in total. The van der Waals surface area contributed by atoms with Crippen molar-refractivity contribution in [1.82, 2.24) is 5.43 Å². The summed E-state index contributed by atoms with van der Waals surface area (Å²) in [5, 5.41) is 9.42. The minimum atomic E-state index is -0.323. The molecule has 28 heavy (non-hydrogen) atoms. The Hall–Kier alpha value is -3.18. The van der Waals surface area contributed by atoms with Crippen LogP contribution >= 0.6 is 11.6 Å². The summed E-state index contributed by atoms with van der Waals surface area (Å²) in [5.74, 6) is -0.558. The molecule has 0 spiro atoms. The van der Waals surface area contributed by atoms with Gasteiger partial charge in [-0.05, 0) is 54.4 Å². The Morgan fingerprint density at radius 2 is 1.75 bits per heavy atom. The lowest BCUT2D eigenvalue weighted by molar-refractivity contribution is -0.115. The predicted molar refractivity (Wildman–Crippen MR) is 114 cm³/mol. The standard InChI is InChI=1S/C22H20ClN3O2/c1-14-7-10-19(13-20(14)23)24-21(27)11-15(2)25-26-22(28)18-9-8-16-5-3-4-6-17(16)12-18/h3-10,12-13H,11H2,1-2H3,(H,24,27)(H,26,28). The Morgan fingerprint density at radius 1 is 1.00 bits per heavy atom. The summed E-state index contributed by atoms with van der Waals surface area (Å²) >= 11 is 6.06. The third-order valence-electron chi connectivity index (χ3n) is 4.23. The van der Waals surface area contributed by atoms with Gasteiger partial charge in [-0.2, -0.15) is 5.10 Å². The van der Waals surface area contributed by atoms with Crippen molar-refractivity contribution < 1.29 is 9.59 Å². The van der Waals surface area contributed by atoms with Crippen molar-refractivity contribution in [3.63, 3.8) is 0 Å². The van der Waals surface area contributed by atoms with Gasteiger partial charge < -0.3 is 5.32 Å². The van der Waals surface area contributed by atoms with E-state index < -0.39 is 0 Å². The fourth-order valence-electron chi connectivity index (χ4n) is 2.69. The van der Waals surface area contributed by atoms with Gasteiger partial charge in [-0.1, -0.05) is 48.0 Å². The first-order valence-electron chi connectivity index (χ1n) is 8.80. The molecule has 3 rings (SSSR count). The van der Waals surface area contributed by atoms with Crippen molar-refractivity contribution in [3.8, 4) is 0 Å². The smallest absolute Gasteiger partial charge is 0.271 e. The summed E-state index contributed by atoms with van der Waals surface area (Å²) < 4.78 is 0. The number of aryl methyl sites for hydroxylation is 1. The Labute approximate surface area is 168 Å². The van der Waals surface area contributed by atoms with Gasteiger partial charge >= 0.3 is 0 Å². The molecule has 0 atom stereocenters. The average Bonchev–Trinajstić information content (AvgIpc) is 2.68. The molecule has 0 unspecified atom stereocenters. The molecule has 0 aromatic heterocycles. The van der Waals surface area contributed by atoms with Gasteiger partial charge in [0.25, 0.3) is 5.91 Å². The van der Waals surface area contributed by atoms with E-state index in [1.165, 1.54) is 0 Å². The van der Waals surface area contributed by atoms with Crippen molar-refractivity contribution in [2.75, 3.05) is 5.32 Å². The number of anilines is 1. The van der Waals surface area contributed by atoms with Crippen LogP contribution in [0.5, 0.6) is 0 Å². The van der Waals surface area contributed by atoms with Crippen LogP contribution in [0, 0.1) is 6.92 Å². The maximum atomic E-state index is 12.3. The number of hydrogen-bond acceptors (Lipinski definition) is 3. The molecule has 2 amide bonds. The molecular weight excluding hydrogens is 374 g/mol. The van der Waals surface area contributed by atoms with Gasteiger partial charge in [-0.25, -0.2) is 5.43 Å². The Balaban J connectivity index is 1.58. The Bertz CT molecular complexity index is 1080. The molecule has 0 heterocycles. The molecule has 3 aromatic rings. The number of rotatable bonds is 5. The molecule has 0 aliphatic carbocycles. The topological polar surface area (TPSA) is 70.6 Å². The van der Waals surface area contributed by atoms with Gasteiger partial charge in [-0.3, -0.25) is 9.59 Å². The van der Waals surface area contributed by atoms with Gasteiger partial charge in [0.05, 0.1) is 6.42 Å². The molecule has 0 bridgehead atoms. The number of hydrazone groups is 1. The summed E-state index contributed by atoms with van der Waals surface area (Å²) in [7, 11) is 0. The molecule has 5 nitrogen and oxygen atoms in total. The highest BCUT2D eigenvalue weighted by Gasteiger charge is 2.08. The first-order chi connectivity index (χ1) is 13.4. The van der Waals surface area contributed by atoms with Crippen LogP contribution in [0.2, 0.25) is 5.02 Å². The fourth-order valence-corrected chi connectivity index (χ4v) is 2.87. The molecule has 142 valence electrons. The second-order valence-electron chi connectivity index (χ2n) is 6.54. The minimum absolute atomic E-state index is 0.0590. The number of carbonyl (C=O) groups is 2. The summed E-state index contributed by atoms with van der Waals surface area (Å²) in [6.07, 6.45) is 0.0590. The zero-order valence-corrected chi connectivity index (χ0v) is 16.4. The first kappa shape index (κ1) is 19.6. The van der Waals surface area contributed by atoms with Crippen LogP contribution in [0.3, 0.4) is 0 Å². The molecule has 0 aliphatic heterocycles. The molecule has 3 aromatic carbocycles. The lowest BCUT2D eigenvalue weighted by Gasteiger charge is -2.07. The fraction of sp³-hybridized carbons (Fsp3) is 0.136. The van der Waals surface area contributed by atoms with E-state index in [9.17, 15) is 9.59 Å². The van der Waals surface area contributed by atoms with Gasteiger partial charge in [0.15, 0.2) is 0 Å². The van der Waals surface area contributed by atoms with Crippen LogP contribution in [-0.2, 0) is 4.79 Å². The summed E-state index contributed by atoms with van der Waals surface area (Å²) in [5.41, 5.74) is 5.05. The highest BCUT2D eigenvalue weighted by Crippen LogP contribution is 2.20. The highest BCUT2D eigenvalue weighted by molar-refractivity contribution is 6.31. The number of nitrogens with zero attached hydrogens (tertiary/aromatic N) is 1. The van der Waals surface area contributed by atoms with E-state index >= 15 is 0 Å². The molecule has 0 saturated carbocycles. The summed E-state index contributed by atoms with van der Waals surface area (Å²) in [6.45, 7) is 3.57. The molecule has 0 aliphatic rings. The highest BCUT2D eigenvalue weighted by atomic mass is 35.5. The number of halogens is 1. The van der Waals surface area contributed by atoms with E-state index in [0.29, 0.717) is 22.0 Å². The molecular formula is C22H20ClN3O2. The van der Waals surface area contributed by atoms with Crippen molar-refractivity contribution in [2.45, 2.75) is 20.3 Å². The van der Waals surface area contributed by atoms with E-state index in [0.717, 1.165) is 16.3 Å². The number of fused-ring (bicyclic) bond motifs is 1. The van der Waals surface area contributed by atoms with E-state index in [4.69, 9.17) is 11.6 Å². The van der Waals surface area contributed by atoms with Gasteiger partial charge in [-0.15, -0.1) is 0 Å². The second-order valence-corrected chi connectivity index (χ2v) is 6.95. The number of amides is 2. The molecule has 0 fully saturated rings. The predicted octanol–water partition coefficient (Wildman–Crippen LogP) is 4.94. The number of nitrogens with one attached hydrogen (secondary N) is 2. The monoisotopic (exact) mass is 393 g/mol. The van der Waals surface area contributed by atoms with E-state index in [2.05, 4.69) is 15.8 Å². The largest absolute Gasteiger partial charge is 0.326 e. The number of benzene rings is 3. The van der Waals surface area contributed by atoms with Crippen LogP contribution in [0.1, 0.15) is 29.3 Å². The normalized spacial score (nSPS) is 11.3. The minimum Gasteiger partial charge on any atom is -0.326 e. The zero-order valence-electron chi connectivity index (χ0n) is 15.6. The van der Waals surface area contributed by atoms with Crippen LogP contribution in [0.4, 0.5) is 5.69 Å². The van der Waals surface area contributed by atoms with E-state index in [1.807, 2.05) is 49.4 Å². The Morgan fingerprint density at radius 3 is 2.50 bits per heavy atom. The van der Waals surface area contributed by atoms with Crippen LogP contribution < -0.4 is 10.7 Å².